The van der Waals surface area contributed by atoms with E-state index < -0.39 is 27.8 Å². The van der Waals surface area contributed by atoms with Gasteiger partial charge >= 0.3 is 6.18 Å². The molecule has 2 N–H and O–H groups in total. The number of benzene rings is 2. The average molecular weight is 529 g/mol. The van der Waals surface area contributed by atoms with Crippen LogP contribution >= 0.6 is 0 Å². The SMILES string of the molecule is O=S(=O)(c1ccccc1)N(Cc1ccc(CNCc2ccccn2)cc1)Nc1nccc(C(F)(F)F)n1. The van der Waals surface area contributed by atoms with Gasteiger partial charge in [-0.15, -0.1) is 4.41 Å². The number of anilines is 1. The number of hydrogen-bond donors (Lipinski definition) is 2. The summed E-state index contributed by atoms with van der Waals surface area (Å²) < 4.78 is 66.8. The molecule has 8 nitrogen and oxygen atoms in total. The van der Waals surface area contributed by atoms with Crippen LogP contribution in [0.25, 0.3) is 0 Å². The first kappa shape index (κ1) is 26.2. The third-order valence-corrected chi connectivity index (χ3v) is 6.88. The smallest absolute Gasteiger partial charge is 0.307 e. The zero-order valence-corrected chi connectivity index (χ0v) is 20.2. The molecule has 0 atom stereocenters. The first-order valence-electron chi connectivity index (χ1n) is 11.1. The van der Waals surface area contributed by atoms with Crippen molar-refractivity contribution < 1.29 is 21.6 Å². The summed E-state index contributed by atoms with van der Waals surface area (Å²) >= 11 is 0. The van der Waals surface area contributed by atoms with E-state index in [1.54, 1.807) is 36.5 Å². The third kappa shape index (κ3) is 7.09. The Kier molecular flexibility index (Phi) is 8.11. The highest BCUT2D eigenvalue weighted by atomic mass is 32.2. The highest BCUT2D eigenvalue weighted by Gasteiger charge is 2.33. The van der Waals surface area contributed by atoms with Gasteiger partial charge < -0.3 is 5.32 Å². The number of aromatic nitrogens is 3. The van der Waals surface area contributed by atoms with Crippen molar-refractivity contribution in [2.45, 2.75) is 30.7 Å². The van der Waals surface area contributed by atoms with E-state index in [-0.39, 0.29) is 11.4 Å². The summed E-state index contributed by atoms with van der Waals surface area (Å²) in [6.45, 7) is 0.976. The fourth-order valence-electron chi connectivity index (χ4n) is 3.35. The summed E-state index contributed by atoms with van der Waals surface area (Å²) in [7, 11) is -4.16. The quantitative estimate of drug-likeness (QED) is 0.294. The summed E-state index contributed by atoms with van der Waals surface area (Å²) in [5, 5.41) is 3.28. The monoisotopic (exact) mass is 528 g/mol. The van der Waals surface area contributed by atoms with Gasteiger partial charge in [-0.05, 0) is 41.5 Å². The van der Waals surface area contributed by atoms with Crippen LogP contribution in [-0.4, -0.2) is 27.8 Å². The minimum atomic E-state index is -4.71. The van der Waals surface area contributed by atoms with Crippen LogP contribution in [0.15, 0.2) is 96.2 Å². The van der Waals surface area contributed by atoms with Crippen molar-refractivity contribution in [2.75, 3.05) is 5.43 Å². The van der Waals surface area contributed by atoms with Gasteiger partial charge in [0.15, 0.2) is 0 Å². The van der Waals surface area contributed by atoms with Crippen LogP contribution in [0, 0.1) is 0 Å². The molecule has 0 aliphatic rings. The number of hydrazine groups is 1. The Balaban J connectivity index is 1.52. The number of hydrogen-bond acceptors (Lipinski definition) is 7. The molecule has 12 heteroatoms. The van der Waals surface area contributed by atoms with Gasteiger partial charge in [-0.3, -0.25) is 10.4 Å². The lowest BCUT2D eigenvalue weighted by molar-refractivity contribution is -0.141. The molecule has 0 saturated carbocycles. The molecule has 2 aromatic carbocycles. The summed E-state index contributed by atoms with van der Waals surface area (Å²) in [6.07, 6.45) is -2.07. The van der Waals surface area contributed by atoms with Crippen molar-refractivity contribution in [1.82, 2.24) is 24.7 Å². The molecule has 0 spiro atoms. The molecule has 4 rings (SSSR count). The van der Waals surface area contributed by atoms with Crippen molar-refractivity contribution in [3.05, 3.63) is 114 Å². The average Bonchev–Trinajstić information content (AvgIpc) is 2.90. The second-order valence-electron chi connectivity index (χ2n) is 7.94. The molecule has 37 heavy (non-hydrogen) atoms. The summed E-state index contributed by atoms with van der Waals surface area (Å²) in [5.41, 5.74) is 3.73. The van der Waals surface area contributed by atoms with Crippen molar-refractivity contribution in [3.8, 4) is 0 Å². The van der Waals surface area contributed by atoms with Crippen LogP contribution in [0.1, 0.15) is 22.5 Å². The first-order chi connectivity index (χ1) is 17.7. The van der Waals surface area contributed by atoms with Crippen molar-refractivity contribution in [2.24, 2.45) is 0 Å². The minimum absolute atomic E-state index is 0.0372. The first-order valence-corrected chi connectivity index (χ1v) is 12.6. The van der Waals surface area contributed by atoms with Crippen LogP contribution in [0.3, 0.4) is 0 Å². The van der Waals surface area contributed by atoms with Crippen LogP contribution in [-0.2, 0) is 35.8 Å². The highest BCUT2D eigenvalue weighted by Crippen LogP contribution is 2.28. The van der Waals surface area contributed by atoms with Gasteiger partial charge in [0.2, 0.25) is 5.95 Å². The van der Waals surface area contributed by atoms with E-state index in [9.17, 15) is 21.6 Å². The fraction of sp³-hybridized carbons (Fsp3) is 0.160. The van der Waals surface area contributed by atoms with Crippen molar-refractivity contribution >= 4 is 16.0 Å². The van der Waals surface area contributed by atoms with Crippen LogP contribution in [0.2, 0.25) is 0 Å². The Morgan fingerprint density at radius 3 is 2.16 bits per heavy atom. The predicted molar refractivity (Wildman–Crippen MR) is 131 cm³/mol. The molecule has 0 unspecified atom stereocenters. The molecular weight excluding hydrogens is 505 g/mol. The molecule has 0 fully saturated rings. The molecule has 4 aromatic rings. The minimum Gasteiger partial charge on any atom is -0.307 e. The number of halogens is 3. The number of pyridine rings is 1. The number of alkyl halides is 3. The number of nitrogens with zero attached hydrogens (tertiary/aromatic N) is 4. The fourth-order valence-corrected chi connectivity index (χ4v) is 4.63. The standard InChI is InChI=1S/C25H23F3N6O2S/c26-25(27,28)23-13-15-31-24(32-23)33-34(37(35,36)22-7-2-1-3-8-22)18-20-11-9-19(10-12-20)16-29-17-21-6-4-5-14-30-21/h1-15,29H,16-18H2,(H,31,32,33). The second-order valence-corrected chi connectivity index (χ2v) is 9.80. The predicted octanol–water partition coefficient (Wildman–Crippen LogP) is 4.40. The molecule has 192 valence electrons. The molecule has 2 heterocycles. The molecule has 0 bridgehead atoms. The Hall–Kier alpha value is -3.87. The van der Waals surface area contributed by atoms with E-state index in [1.807, 2.05) is 30.3 Å². The topological polar surface area (TPSA) is 100 Å². The molecule has 0 saturated heterocycles. The van der Waals surface area contributed by atoms with E-state index >= 15 is 0 Å². The Morgan fingerprint density at radius 2 is 1.49 bits per heavy atom. The van der Waals surface area contributed by atoms with Gasteiger partial charge in [0.25, 0.3) is 10.0 Å². The largest absolute Gasteiger partial charge is 0.433 e. The van der Waals surface area contributed by atoms with Crippen molar-refractivity contribution in [1.29, 1.82) is 0 Å². The lowest BCUT2D eigenvalue weighted by Crippen LogP contribution is -2.36. The Morgan fingerprint density at radius 1 is 0.784 bits per heavy atom. The van der Waals surface area contributed by atoms with Gasteiger partial charge in [-0.1, -0.05) is 48.5 Å². The van der Waals surface area contributed by atoms with E-state index in [0.29, 0.717) is 24.7 Å². The molecule has 2 aromatic heterocycles. The maximum Gasteiger partial charge on any atom is 0.433 e. The highest BCUT2D eigenvalue weighted by molar-refractivity contribution is 7.89. The van der Waals surface area contributed by atoms with Gasteiger partial charge in [0.05, 0.1) is 17.1 Å². The lowest BCUT2D eigenvalue weighted by atomic mass is 10.1. The van der Waals surface area contributed by atoms with Crippen LogP contribution in [0.4, 0.5) is 19.1 Å². The summed E-state index contributed by atoms with van der Waals surface area (Å²) in [6, 6.07) is 21.1. The molecule has 0 radical (unpaired) electrons. The van der Waals surface area contributed by atoms with E-state index in [2.05, 4.69) is 25.7 Å². The van der Waals surface area contributed by atoms with E-state index in [4.69, 9.17) is 0 Å². The normalized spacial score (nSPS) is 12.0. The second kappa shape index (κ2) is 11.5. The summed E-state index contributed by atoms with van der Waals surface area (Å²) in [4.78, 5) is 11.4. The van der Waals surface area contributed by atoms with E-state index in [1.165, 1.54) is 12.1 Å². The van der Waals surface area contributed by atoms with E-state index in [0.717, 1.165) is 21.9 Å². The zero-order valence-electron chi connectivity index (χ0n) is 19.4. The molecule has 0 aliphatic carbocycles. The number of nitrogens with one attached hydrogen (secondary N) is 2. The van der Waals surface area contributed by atoms with Gasteiger partial charge in [-0.25, -0.2) is 18.4 Å². The lowest BCUT2D eigenvalue weighted by Gasteiger charge is -2.23. The maximum absolute atomic E-state index is 13.3. The summed E-state index contributed by atoms with van der Waals surface area (Å²) in [5.74, 6) is -0.496. The molecular formula is C25H23F3N6O2S. The van der Waals surface area contributed by atoms with Crippen LogP contribution in [0.5, 0.6) is 0 Å². The van der Waals surface area contributed by atoms with Crippen LogP contribution < -0.4 is 10.7 Å². The Bertz CT molecular complexity index is 1400. The van der Waals surface area contributed by atoms with Crippen molar-refractivity contribution in [3.63, 3.8) is 0 Å². The number of rotatable bonds is 10. The maximum atomic E-state index is 13.3. The third-order valence-electron chi connectivity index (χ3n) is 5.21. The van der Waals surface area contributed by atoms with Gasteiger partial charge in [0, 0.05) is 25.5 Å². The molecule has 0 aliphatic heterocycles. The zero-order chi connectivity index (χ0) is 26.3. The molecule has 0 amide bonds. The number of sulfonamides is 1. The Labute approximate surface area is 212 Å². The van der Waals surface area contributed by atoms with Gasteiger partial charge in [-0.2, -0.15) is 13.2 Å². The van der Waals surface area contributed by atoms with Gasteiger partial charge in [0.1, 0.15) is 5.69 Å².